The average molecular weight is 268 g/mol. The number of rotatable bonds is 7. The lowest BCUT2D eigenvalue weighted by Crippen LogP contribution is -2.47. The molecule has 1 fully saturated rings. The zero-order valence-electron chi connectivity index (χ0n) is 12.6. The molecule has 1 heterocycles. The summed E-state index contributed by atoms with van der Waals surface area (Å²) in [5.74, 6) is 0.0947. The lowest BCUT2D eigenvalue weighted by Gasteiger charge is -2.29. The number of nitrogens with one attached hydrogen (secondary N) is 1. The standard InChI is InChI=1S/C15H28N2O2/c1-4-6-7-8-9-12(3)17-11-10-14(18)16-13(5-2)15(17)19/h12-13H,4-11H2,1-3H3,(H,16,18). The van der Waals surface area contributed by atoms with Crippen molar-refractivity contribution in [1.29, 1.82) is 0 Å². The van der Waals surface area contributed by atoms with Crippen LogP contribution in [0.2, 0.25) is 0 Å². The second kappa shape index (κ2) is 8.18. The number of carbonyl (C=O) groups excluding carboxylic acids is 2. The Labute approximate surface area is 116 Å². The van der Waals surface area contributed by atoms with Crippen molar-refractivity contribution in [3.63, 3.8) is 0 Å². The molecule has 4 heteroatoms. The quantitative estimate of drug-likeness (QED) is 0.721. The van der Waals surface area contributed by atoms with E-state index in [0.717, 1.165) is 12.8 Å². The van der Waals surface area contributed by atoms with Crippen LogP contribution in [0.25, 0.3) is 0 Å². The van der Waals surface area contributed by atoms with Gasteiger partial charge < -0.3 is 10.2 Å². The zero-order valence-corrected chi connectivity index (χ0v) is 12.6. The van der Waals surface area contributed by atoms with Gasteiger partial charge in [-0.05, 0) is 19.8 Å². The Balaban J connectivity index is 2.53. The maximum atomic E-state index is 12.4. The van der Waals surface area contributed by atoms with Gasteiger partial charge >= 0.3 is 0 Å². The average Bonchev–Trinajstić information content (AvgIpc) is 2.54. The molecule has 0 aliphatic carbocycles. The second-order valence-electron chi connectivity index (χ2n) is 5.51. The fraction of sp³-hybridized carbons (Fsp3) is 0.867. The smallest absolute Gasteiger partial charge is 0.245 e. The Bertz CT molecular complexity index is 305. The van der Waals surface area contributed by atoms with E-state index in [1.807, 2.05) is 11.8 Å². The fourth-order valence-electron chi connectivity index (χ4n) is 2.60. The molecule has 0 bridgehead atoms. The number of nitrogens with zero attached hydrogens (tertiary/aromatic N) is 1. The molecule has 1 N–H and O–H groups in total. The normalized spacial score (nSPS) is 22.1. The molecule has 0 aromatic heterocycles. The highest BCUT2D eigenvalue weighted by atomic mass is 16.2. The van der Waals surface area contributed by atoms with Crippen LogP contribution in [0.5, 0.6) is 0 Å². The Morgan fingerprint density at radius 1 is 1.26 bits per heavy atom. The van der Waals surface area contributed by atoms with E-state index in [1.54, 1.807) is 0 Å². The Hall–Kier alpha value is -1.06. The van der Waals surface area contributed by atoms with Crippen molar-refractivity contribution in [1.82, 2.24) is 10.2 Å². The second-order valence-corrected chi connectivity index (χ2v) is 5.51. The number of carbonyl (C=O) groups is 2. The van der Waals surface area contributed by atoms with Crippen LogP contribution in [-0.4, -0.2) is 35.3 Å². The van der Waals surface area contributed by atoms with Crippen molar-refractivity contribution in [3.05, 3.63) is 0 Å². The summed E-state index contributed by atoms with van der Waals surface area (Å²) >= 11 is 0. The Morgan fingerprint density at radius 2 is 2.00 bits per heavy atom. The Kier molecular flexibility index (Phi) is 6.89. The maximum Gasteiger partial charge on any atom is 0.245 e. The summed E-state index contributed by atoms with van der Waals surface area (Å²) in [4.78, 5) is 25.8. The highest BCUT2D eigenvalue weighted by molar-refractivity contribution is 5.90. The molecule has 0 saturated carbocycles. The van der Waals surface area contributed by atoms with E-state index < -0.39 is 0 Å². The highest BCUT2D eigenvalue weighted by Crippen LogP contribution is 2.15. The molecule has 1 aliphatic rings. The highest BCUT2D eigenvalue weighted by Gasteiger charge is 2.30. The first-order chi connectivity index (χ1) is 9.10. The summed E-state index contributed by atoms with van der Waals surface area (Å²) in [6, 6.07) is -0.0841. The molecule has 2 unspecified atom stereocenters. The third kappa shape index (κ3) is 4.84. The SMILES string of the molecule is CCCCCCC(C)N1CCC(=O)NC(CC)C1=O. The molecule has 0 aromatic rings. The third-order valence-corrected chi connectivity index (χ3v) is 3.91. The largest absolute Gasteiger partial charge is 0.344 e. The Morgan fingerprint density at radius 3 is 2.63 bits per heavy atom. The summed E-state index contributed by atoms with van der Waals surface area (Å²) < 4.78 is 0. The van der Waals surface area contributed by atoms with Crippen molar-refractivity contribution in [2.45, 2.75) is 77.8 Å². The van der Waals surface area contributed by atoms with Gasteiger partial charge in [-0.15, -0.1) is 0 Å². The van der Waals surface area contributed by atoms with Gasteiger partial charge in [-0.3, -0.25) is 9.59 Å². The molecular formula is C15H28N2O2. The predicted molar refractivity (Wildman–Crippen MR) is 76.8 cm³/mol. The fourth-order valence-corrected chi connectivity index (χ4v) is 2.60. The van der Waals surface area contributed by atoms with Gasteiger partial charge in [0.1, 0.15) is 6.04 Å². The minimum atomic E-state index is -0.326. The van der Waals surface area contributed by atoms with Crippen molar-refractivity contribution >= 4 is 11.8 Å². The van der Waals surface area contributed by atoms with Gasteiger partial charge in [-0.1, -0.05) is 39.5 Å². The lowest BCUT2D eigenvalue weighted by atomic mass is 10.1. The minimum absolute atomic E-state index is 0.000818. The van der Waals surface area contributed by atoms with Gasteiger partial charge in [0.2, 0.25) is 11.8 Å². The monoisotopic (exact) mass is 268 g/mol. The molecule has 1 saturated heterocycles. The van der Waals surface area contributed by atoms with Crippen LogP contribution in [0.1, 0.15) is 65.7 Å². The van der Waals surface area contributed by atoms with E-state index in [-0.39, 0.29) is 23.9 Å². The summed E-state index contributed by atoms with van der Waals surface area (Å²) in [5.41, 5.74) is 0. The first-order valence-corrected chi connectivity index (χ1v) is 7.70. The number of hydrogen-bond acceptors (Lipinski definition) is 2. The number of unbranched alkanes of at least 4 members (excludes halogenated alkanes) is 3. The molecule has 1 rings (SSSR count). The van der Waals surface area contributed by atoms with Crippen LogP contribution in [0.3, 0.4) is 0 Å². The molecule has 4 nitrogen and oxygen atoms in total. The predicted octanol–water partition coefficient (Wildman–Crippen LogP) is 2.47. The summed E-state index contributed by atoms with van der Waals surface area (Å²) in [6.07, 6.45) is 7.03. The third-order valence-electron chi connectivity index (χ3n) is 3.91. The molecule has 0 radical (unpaired) electrons. The van der Waals surface area contributed by atoms with E-state index in [9.17, 15) is 9.59 Å². The van der Waals surface area contributed by atoms with Gasteiger partial charge in [0.25, 0.3) is 0 Å². The van der Waals surface area contributed by atoms with Crippen molar-refractivity contribution in [2.24, 2.45) is 0 Å². The molecule has 110 valence electrons. The van der Waals surface area contributed by atoms with E-state index in [4.69, 9.17) is 0 Å². The van der Waals surface area contributed by atoms with E-state index in [2.05, 4.69) is 19.2 Å². The molecule has 2 amide bonds. The molecule has 0 spiro atoms. The summed E-state index contributed by atoms with van der Waals surface area (Å²) in [5, 5.41) is 2.81. The van der Waals surface area contributed by atoms with Crippen LogP contribution in [-0.2, 0) is 9.59 Å². The van der Waals surface area contributed by atoms with Gasteiger partial charge in [0, 0.05) is 19.0 Å². The molecular weight excluding hydrogens is 240 g/mol. The van der Waals surface area contributed by atoms with Crippen molar-refractivity contribution < 1.29 is 9.59 Å². The molecule has 19 heavy (non-hydrogen) atoms. The zero-order chi connectivity index (χ0) is 14.3. The van der Waals surface area contributed by atoms with Crippen LogP contribution in [0.4, 0.5) is 0 Å². The first kappa shape index (κ1) is 16.0. The summed E-state index contributed by atoms with van der Waals surface area (Å²) in [7, 11) is 0. The first-order valence-electron chi connectivity index (χ1n) is 7.70. The van der Waals surface area contributed by atoms with E-state index >= 15 is 0 Å². The van der Waals surface area contributed by atoms with Crippen molar-refractivity contribution in [2.75, 3.05) is 6.54 Å². The van der Waals surface area contributed by atoms with Crippen LogP contribution in [0, 0.1) is 0 Å². The molecule has 2 atom stereocenters. The maximum absolute atomic E-state index is 12.4. The number of amides is 2. The van der Waals surface area contributed by atoms with Crippen LogP contribution < -0.4 is 5.32 Å². The van der Waals surface area contributed by atoms with Crippen molar-refractivity contribution in [3.8, 4) is 0 Å². The topological polar surface area (TPSA) is 49.4 Å². The van der Waals surface area contributed by atoms with Gasteiger partial charge in [0.15, 0.2) is 0 Å². The van der Waals surface area contributed by atoms with Crippen LogP contribution in [0.15, 0.2) is 0 Å². The lowest BCUT2D eigenvalue weighted by molar-refractivity contribution is -0.135. The summed E-state index contributed by atoms with van der Waals surface area (Å²) in [6.45, 7) is 6.81. The van der Waals surface area contributed by atoms with E-state index in [1.165, 1.54) is 19.3 Å². The van der Waals surface area contributed by atoms with Gasteiger partial charge in [0.05, 0.1) is 0 Å². The number of hydrogen-bond donors (Lipinski definition) is 1. The minimum Gasteiger partial charge on any atom is -0.344 e. The van der Waals surface area contributed by atoms with Crippen LogP contribution >= 0.6 is 0 Å². The van der Waals surface area contributed by atoms with E-state index in [0.29, 0.717) is 19.4 Å². The van der Waals surface area contributed by atoms with Gasteiger partial charge in [-0.2, -0.15) is 0 Å². The van der Waals surface area contributed by atoms with Gasteiger partial charge in [-0.25, -0.2) is 0 Å². The molecule has 1 aliphatic heterocycles. The molecule has 0 aromatic carbocycles.